The first kappa shape index (κ1) is 10.6. The highest BCUT2D eigenvalue weighted by Gasteiger charge is 2.07. The number of hydrogen-bond acceptors (Lipinski definition) is 2. The number of nitrogens with one attached hydrogen (secondary N) is 1. The fourth-order valence-corrected chi connectivity index (χ4v) is 1.15. The van der Waals surface area contributed by atoms with Crippen molar-refractivity contribution in [1.82, 2.24) is 0 Å². The van der Waals surface area contributed by atoms with Crippen molar-refractivity contribution in [3.8, 4) is 0 Å². The molecule has 0 heterocycles. The van der Waals surface area contributed by atoms with E-state index in [-0.39, 0.29) is 11.9 Å². The van der Waals surface area contributed by atoms with E-state index in [2.05, 4.69) is 12.2 Å². The summed E-state index contributed by atoms with van der Waals surface area (Å²) >= 11 is 0. The molecule has 1 unspecified atom stereocenters. The number of nitrogens with two attached hydrogens (primary N) is 1. The lowest BCUT2D eigenvalue weighted by Crippen LogP contribution is -2.32. The van der Waals surface area contributed by atoms with Crippen molar-refractivity contribution >= 4 is 11.6 Å². The van der Waals surface area contributed by atoms with Crippen molar-refractivity contribution in [2.24, 2.45) is 5.73 Å². The van der Waals surface area contributed by atoms with Gasteiger partial charge >= 0.3 is 0 Å². The summed E-state index contributed by atoms with van der Waals surface area (Å²) < 4.78 is 0. The Morgan fingerprint density at radius 3 is 2.50 bits per heavy atom. The van der Waals surface area contributed by atoms with Gasteiger partial charge in [-0.05, 0) is 44.0 Å². The molecule has 3 heteroatoms. The van der Waals surface area contributed by atoms with Gasteiger partial charge in [-0.15, -0.1) is 0 Å². The van der Waals surface area contributed by atoms with E-state index in [9.17, 15) is 4.79 Å². The van der Waals surface area contributed by atoms with Gasteiger partial charge in [0.1, 0.15) is 6.04 Å². The van der Waals surface area contributed by atoms with Gasteiger partial charge in [-0.25, -0.2) is 0 Å². The van der Waals surface area contributed by atoms with Gasteiger partial charge in [0, 0.05) is 5.69 Å². The molecule has 1 rings (SSSR count). The summed E-state index contributed by atoms with van der Waals surface area (Å²) in [6.45, 7) is 5.84. The molecule has 1 amide bonds. The number of amides is 1. The van der Waals surface area contributed by atoms with Gasteiger partial charge in [0.25, 0.3) is 0 Å². The van der Waals surface area contributed by atoms with Gasteiger partial charge in [-0.3, -0.25) is 4.79 Å². The minimum atomic E-state index is -0.344. The summed E-state index contributed by atoms with van der Waals surface area (Å²) in [6, 6.07) is 5.64. The number of benzene rings is 1. The van der Waals surface area contributed by atoms with E-state index < -0.39 is 0 Å². The Morgan fingerprint density at radius 1 is 1.36 bits per heavy atom. The lowest BCUT2D eigenvalue weighted by Gasteiger charge is -2.12. The molecule has 0 aliphatic heterocycles. The molecule has 0 bridgehead atoms. The van der Waals surface area contributed by atoms with Crippen LogP contribution in [0.2, 0.25) is 0 Å². The quantitative estimate of drug-likeness (QED) is 0.764. The van der Waals surface area contributed by atoms with Gasteiger partial charge in [-0.1, -0.05) is 6.07 Å². The summed E-state index contributed by atoms with van der Waals surface area (Å²) in [5, 5.41) is 3.03. The van der Waals surface area contributed by atoms with Crippen LogP contribution < -0.4 is 11.1 Å². The number of rotatable bonds is 3. The largest absolute Gasteiger partial charge is 0.374 e. The topological polar surface area (TPSA) is 55.1 Å². The first-order valence-corrected chi connectivity index (χ1v) is 4.64. The second kappa shape index (κ2) is 4.13. The third kappa shape index (κ3) is 2.49. The van der Waals surface area contributed by atoms with Gasteiger partial charge in [-0.2, -0.15) is 0 Å². The molecule has 0 radical (unpaired) electrons. The van der Waals surface area contributed by atoms with E-state index in [0.29, 0.717) is 0 Å². The van der Waals surface area contributed by atoms with Gasteiger partial charge < -0.3 is 11.1 Å². The predicted molar refractivity (Wildman–Crippen MR) is 58.2 cm³/mol. The molecule has 0 spiro atoms. The molecule has 1 aromatic carbocycles. The Hall–Kier alpha value is -1.51. The molecule has 14 heavy (non-hydrogen) atoms. The number of aryl methyl sites for hydroxylation is 2. The average Bonchev–Trinajstić information content (AvgIpc) is 2.11. The van der Waals surface area contributed by atoms with Crippen LogP contribution in [0, 0.1) is 13.8 Å². The fourth-order valence-electron chi connectivity index (χ4n) is 1.15. The Bertz CT molecular complexity index is 347. The third-order valence-electron chi connectivity index (χ3n) is 2.32. The van der Waals surface area contributed by atoms with Gasteiger partial charge in [0.05, 0.1) is 0 Å². The van der Waals surface area contributed by atoms with Crippen LogP contribution in [0.3, 0.4) is 0 Å². The van der Waals surface area contributed by atoms with Crippen molar-refractivity contribution in [2.75, 3.05) is 5.32 Å². The highest BCUT2D eigenvalue weighted by Crippen LogP contribution is 2.14. The van der Waals surface area contributed by atoms with Crippen LogP contribution in [0.1, 0.15) is 18.1 Å². The maximum atomic E-state index is 10.8. The summed E-state index contributed by atoms with van der Waals surface area (Å²) in [4.78, 5) is 10.8. The minimum absolute atomic E-state index is 0.336. The minimum Gasteiger partial charge on any atom is -0.374 e. The van der Waals surface area contributed by atoms with E-state index in [1.807, 2.05) is 25.1 Å². The smallest absolute Gasteiger partial charge is 0.239 e. The third-order valence-corrected chi connectivity index (χ3v) is 2.32. The fraction of sp³-hybridized carbons (Fsp3) is 0.364. The second-order valence-electron chi connectivity index (χ2n) is 3.57. The molecule has 0 saturated carbocycles. The second-order valence-corrected chi connectivity index (χ2v) is 3.57. The molecule has 1 aromatic rings. The van der Waals surface area contributed by atoms with Crippen molar-refractivity contribution in [3.05, 3.63) is 29.3 Å². The van der Waals surface area contributed by atoms with Gasteiger partial charge in [0.2, 0.25) is 5.91 Å². The zero-order chi connectivity index (χ0) is 10.7. The molecule has 3 nitrogen and oxygen atoms in total. The van der Waals surface area contributed by atoms with Gasteiger partial charge in [0.15, 0.2) is 0 Å². The van der Waals surface area contributed by atoms with Crippen LogP contribution >= 0.6 is 0 Å². The number of carbonyl (C=O) groups excluding carboxylic acids is 1. The number of hydrogen-bond donors (Lipinski definition) is 2. The van der Waals surface area contributed by atoms with Crippen molar-refractivity contribution < 1.29 is 4.79 Å². The Balaban J connectivity index is 2.78. The molecule has 0 aliphatic rings. The Labute approximate surface area is 84.3 Å². The van der Waals surface area contributed by atoms with E-state index in [1.54, 1.807) is 6.92 Å². The maximum absolute atomic E-state index is 10.8. The van der Waals surface area contributed by atoms with Crippen LogP contribution in [0.15, 0.2) is 18.2 Å². The van der Waals surface area contributed by atoms with Crippen molar-refractivity contribution in [3.63, 3.8) is 0 Å². The van der Waals surface area contributed by atoms with Crippen LogP contribution in [0.5, 0.6) is 0 Å². The monoisotopic (exact) mass is 192 g/mol. The zero-order valence-corrected chi connectivity index (χ0v) is 8.79. The van der Waals surface area contributed by atoms with E-state index in [1.165, 1.54) is 11.1 Å². The SMILES string of the molecule is Cc1ccc(NC(C)C(N)=O)cc1C. The predicted octanol–water partition coefficient (Wildman–Crippen LogP) is 1.59. The average molecular weight is 192 g/mol. The Morgan fingerprint density at radius 2 is 2.00 bits per heavy atom. The summed E-state index contributed by atoms with van der Waals surface area (Å²) in [6.07, 6.45) is 0. The maximum Gasteiger partial charge on any atom is 0.239 e. The summed E-state index contributed by atoms with van der Waals surface area (Å²) in [5.74, 6) is -0.344. The van der Waals surface area contributed by atoms with Crippen LogP contribution in [0.25, 0.3) is 0 Å². The van der Waals surface area contributed by atoms with E-state index in [0.717, 1.165) is 5.69 Å². The van der Waals surface area contributed by atoms with Crippen LogP contribution in [-0.2, 0) is 4.79 Å². The molecule has 0 fully saturated rings. The summed E-state index contributed by atoms with van der Waals surface area (Å²) in [5.41, 5.74) is 8.52. The molecular weight excluding hydrogens is 176 g/mol. The standard InChI is InChI=1S/C11H16N2O/c1-7-4-5-10(6-8(7)2)13-9(3)11(12)14/h4-6,9,13H,1-3H3,(H2,12,14). The lowest BCUT2D eigenvalue weighted by atomic mass is 10.1. The first-order valence-electron chi connectivity index (χ1n) is 4.64. The molecule has 0 saturated heterocycles. The highest BCUT2D eigenvalue weighted by atomic mass is 16.1. The zero-order valence-electron chi connectivity index (χ0n) is 8.79. The molecule has 1 atom stereocenters. The molecule has 0 aliphatic carbocycles. The number of primary amides is 1. The van der Waals surface area contributed by atoms with Crippen LogP contribution in [-0.4, -0.2) is 11.9 Å². The van der Waals surface area contributed by atoms with Crippen molar-refractivity contribution in [2.45, 2.75) is 26.8 Å². The lowest BCUT2D eigenvalue weighted by molar-refractivity contribution is -0.118. The molecule has 3 N–H and O–H groups in total. The summed E-state index contributed by atoms with van der Waals surface area (Å²) in [7, 11) is 0. The first-order chi connectivity index (χ1) is 6.50. The Kier molecular flexibility index (Phi) is 3.12. The molecular formula is C11H16N2O. The van der Waals surface area contributed by atoms with Crippen LogP contribution in [0.4, 0.5) is 5.69 Å². The number of anilines is 1. The highest BCUT2D eigenvalue weighted by molar-refractivity contribution is 5.82. The molecule has 76 valence electrons. The van der Waals surface area contributed by atoms with Crippen molar-refractivity contribution in [1.29, 1.82) is 0 Å². The van der Waals surface area contributed by atoms with E-state index in [4.69, 9.17) is 5.73 Å². The van der Waals surface area contributed by atoms with E-state index >= 15 is 0 Å². The normalized spacial score (nSPS) is 12.2. The molecule has 0 aromatic heterocycles. The number of carbonyl (C=O) groups is 1.